The van der Waals surface area contributed by atoms with Crippen LogP contribution in [0.15, 0.2) is 24.3 Å². The van der Waals surface area contributed by atoms with E-state index in [-0.39, 0.29) is 17.0 Å². The van der Waals surface area contributed by atoms with Crippen molar-refractivity contribution < 1.29 is 19.6 Å². The van der Waals surface area contributed by atoms with E-state index in [9.17, 15) is 19.7 Å². The number of hydrogen-bond donors (Lipinski definition) is 1. The number of halogens is 1. The van der Waals surface area contributed by atoms with Crippen molar-refractivity contribution in [2.24, 2.45) is 0 Å². The van der Waals surface area contributed by atoms with E-state index in [1.54, 1.807) is 0 Å². The van der Waals surface area contributed by atoms with Gasteiger partial charge in [-0.1, -0.05) is 28.1 Å². The van der Waals surface area contributed by atoms with Gasteiger partial charge in [-0.15, -0.1) is 0 Å². The SMILES string of the molecule is CC(=O)C(Br)c1c(C=CC(=O)O)cccc1[N+](=O)[O-]. The zero-order valence-corrected chi connectivity index (χ0v) is 11.5. The van der Waals surface area contributed by atoms with Crippen molar-refractivity contribution in [2.75, 3.05) is 0 Å². The number of hydrogen-bond acceptors (Lipinski definition) is 4. The Hall–Kier alpha value is -2.02. The molecule has 0 aliphatic rings. The molecule has 7 heteroatoms. The molecule has 1 unspecified atom stereocenters. The molecule has 0 radical (unpaired) electrons. The highest BCUT2D eigenvalue weighted by Gasteiger charge is 2.25. The van der Waals surface area contributed by atoms with Gasteiger partial charge in [0.2, 0.25) is 0 Å². The molecular weight excluding hydrogens is 318 g/mol. The summed E-state index contributed by atoms with van der Waals surface area (Å²) in [4.78, 5) is 31.4. The van der Waals surface area contributed by atoms with Gasteiger partial charge in [-0.3, -0.25) is 14.9 Å². The van der Waals surface area contributed by atoms with Crippen molar-refractivity contribution in [1.29, 1.82) is 0 Å². The summed E-state index contributed by atoms with van der Waals surface area (Å²) in [5.41, 5.74) is 0.232. The second-order valence-corrected chi connectivity index (χ2v) is 4.60. The molecule has 1 atom stereocenters. The van der Waals surface area contributed by atoms with Gasteiger partial charge < -0.3 is 5.11 Å². The lowest BCUT2D eigenvalue weighted by Gasteiger charge is -2.10. The number of nitrogens with zero attached hydrogens (tertiary/aromatic N) is 1. The maximum atomic E-state index is 11.4. The highest BCUT2D eigenvalue weighted by molar-refractivity contribution is 9.09. The number of carbonyl (C=O) groups excluding carboxylic acids is 1. The smallest absolute Gasteiger partial charge is 0.328 e. The predicted molar refractivity (Wildman–Crippen MR) is 72.1 cm³/mol. The minimum atomic E-state index is -1.17. The van der Waals surface area contributed by atoms with E-state index in [1.807, 2.05) is 0 Å². The zero-order chi connectivity index (χ0) is 14.6. The van der Waals surface area contributed by atoms with Crippen molar-refractivity contribution in [1.82, 2.24) is 0 Å². The summed E-state index contributed by atoms with van der Waals surface area (Å²) in [6, 6.07) is 4.21. The first-order valence-corrected chi connectivity index (χ1v) is 6.09. The number of ketones is 1. The first-order chi connectivity index (χ1) is 8.84. The average molecular weight is 328 g/mol. The van der Waals surface area contributed by atoms with E-state index < -0.39 is 15.7 Å². The van der Waals surface area contributed by atoms with Crippen LogP contribution in [0.5, 0.6) is 0 Å². The van der Waals surface area contributed by atoms with Gasteiger partial charge in [0, 0.05) is 12.1 Å². The molecule has 0 aromatic heterocycles. The van der Waals surface area contributed by atoms with Crippen molar-refractivity contribution in [3.8, 4) is 0 Å². The van der Waals surface area contributed by atoms with Gasteiger partial charge in [0.15, 0.2) is 0 Å². The summed E-state index contributed by atoms with van der Waals surface area (Å²) in [5.74, 6) is -1.48. The lowest BCUT2D eigenvalue weighted by molar-refractivity contribution is -0.385. The van der Waals surface area contributed by atoms with Crippen LogP contribution in [0, 0.1) is 10.1 Å². The number of benzene rings is 1. The molecule has 0 saturated heterocycles. The molecular formula is C12H10BrNO5. The van der Waals surface area contributed by atoms with E-state index in [0.29, 0.717) is 5.56 Å². The van der Waals surface area contributed by atoms with Gasteiger partial charge in [0.1, 0.15) is 10.6 Å². The Morgan fingerprint density at radius 1 is 1.47 bits per heavy atom. The van der Waals surface area contributed by atoms with Crippen LogP contribution in [0.25, 0.3) is 6.08 Å². The number of carbonyl (C=O) groups is 2. The number of carboxylic acid groups (broad SMARTS) is 1. The molecule has 19 heavy (non-hydrogen) atoms. The molecule has 100 valence electrons. The Morgan fingerprint density at radius 3 is 2.58 bits per heavy atom. The Balaban J connectivity index is 3.46. The van der Waals surface area contributed by atoms with E-state index >= 15 is 0 Å². The molecule has 0 heterocycles. The van der Waals surface area contributed by atoms with Gasteiger partial charge in [0.25, 0.3) is 5.69 Å². The maximum Gasteiger partial charge on any atom is 0.328 e. The monoisotopic (exact) mass is 327 g/mol. The quantitative estimate of drug-likeness (QED) is 0.388. The summed E-state index contributed by atoms with van der Waals surface area (Å²) < 4.78 is 0. The molecule has 0 bridgehead atoms. The van der Waals surface area contributed by atoms with Crippen LogP contribution >= 0.6 is 15.9 Å². The van der Waals surface area contributed by atoms with Crippen molar-refractivity contribution in [3.05, 3.63) is 45.5 Å². The number of Topliss-reactive ketones (excluding diaryl/α,β-unsaturated/α-hetero) is 1. The second kappa shape index (κ2) is 6.24. The Kier molecular flexibility index (Phi) is 4.94. The van der Waals surface area contributed by atoms with Crippen LogP contribution in [0.3, 0.4) is 0 Å². The van der Waals surface area contributed by atoms with Crippen LogP contribution in [0.2, 0.25) is 0 Å². The lowest BCUT2D eigenvalue weighted by Crippen LogP contribution is -2.07. The third-order valence-corrected chi connectivity index (χ3v) is 3.43. The number of aliphatic carboxylic acids is 1. The van der Waals surface area contributed by atoms with Crippen molar-refractivity contribution >= 4 is 39.4 Å². The molecule has 1 aromatic rings. The molecule has 1 N–H and O–H groups in total. The highest BCUT2D eigenvalue weighted by atomic mass is 79.9. The number of alkyl halides is 1. The second-order valence-electron chi connectivity index (χ2n) is 3.68. The molecule has 6 nitrogen and oxygen atoms in total. The fraction of sp³-hybridized carbons (Fsp3) is 0.167. The first kappa shape index (κ1) is 15.0. The largest absolute Gasteiger partial charge is 0.478 e. The van der Waals surface area contributed by atoms with Gasteiger partial charge >= 0.3 is 5.97 Å². The topological polar surface area (TPSA) is 97.5 Å². The number of rotatable bonds is 5. The number of nitro benzene ring substituents is 1. The average Bonchev–Trinajstić information content (AvgIpc) is 2.34. The summed E-state index contributed by atoms with van der Waals surface area (Å²) in [6.45, 7) is 1.29. The molecule has 0 amide bonds. The van der Waals surface area contributed by atoms with Crippen LogP contribution in [-0.4, -0.2) is 21.8 Å². The molecule has 0 spiro atoms. The normalized spacial score (nSPS) is 12.3. The van der Waals surface area contributed by atoms with Crippen LogP contribution in [-0.2, 0) is 9.59 Å². The standard InChI is InChI=1S/C12H10BrNO5/c1-7(15)12(13)11-8(5-6-10(16)17)3-2-4-9(11)14(18)19/h2-6,12H,1H3,(H,16,17). The Labute approximate surface area is 117 Å². The third-order valence-electron chi connectivity index (χ3n) is 2.33. The van der Waals surface area contributed by atoms with Crippen LogP contribution in [0.4, 0.5) is 5.69 Å². The molecule has 1 rings (SSSR count). The van der Waals surface area contributed by atoms with E-state index in [1.165, 1.54) is 31.2 Å². The maximum absolute atomic E-state index is 11.4. The minimum absolute atomic E-state index is 0.150. The number of nitro groups is 1. The van der Waals surface area contributed by atoms with Crippen molar-refractivity contribution in [3.63, 3.8) is 0 Å². The van der Waals surface area contributed by atoms with Gasteiger partial charge in [-0.2, -0.15) is 0 Å². The molecule has 0 aliphatic carbocycles. The molecule has 0 saturated carbocycles. The van der Waals surface area contributed by atoms with Gasteiger partial charge in [-0.05, 0) is 18.6 Å². The Bertz CT molecular complexity index is 567. The van der Waals surface area contributed by atoms with Crippen molar-refractivity contribution in [2.45, 2.75) is 11.8 Å². The Morgan fingerprint density at radius 2 is 2.11 bits per heavy atom. The predicted octanol–water partition coefficient (Wildman–Crippen LogP) is 2.72. The van der Waals surface area contributed by atoms with Gasteiger partial charge in [-0.25, -0.2) is 4.79 Å². The third kappa shape index (κ3) is 3.72. The molecule has 0 aliphatic heterocycles. The van der Waals surface area contributed by atoms with E-state index in [0.717, 1.165) is 6.08 Å². The zero-order valence-electron chi connectivity index (χ0n) is 9.87. The fourth-order valence-electron chi connectivity index (χ4n) is 1.52. The first-order valence-electron chi connectivity index (χ1n) is 5.17. The van der Waals surface area contributed by atoms with E-state index in [2.05, 4.69) is 15.9 Å². The molecule has 1 aromatic carbocycles. The number of carboxylic acids is 1. The summed E-state index contributed by atoms with van der Waals surface area (Å²) in [7, 11) is 0. The summed E-state index contributed by atoms with van der Waals surface area (Å²) in [5, 5.41) is 19.6. The minimum Gasteiger partial charge on any atom is -0.478 e. The van der Waals surface area contributed by atoms with Gasteiger partial charge in [0.05, 0.1) is 10.5 Å². The fourth-order valence-corrected chi connectivity index (χ4v) is 2.01. The lowest BCUT2D eigenvalue weighted by atomic mass is 10.00. The van der Waals surface area contributed by atoms with Crippen LogP contribution < -0.4 is 0 Å². The summed E-state index contributed by atoms with van der Waals surface area (Å²) in [6.07, 6.45) is 2.09. The highest BCUT2D eigenvalue weighted by Crippen LogP contribution is 2.35. The molecule has 0 fully saturated rings. The van der Waals surface area contributed by atoms with E-state index in [4.69, 9.17) is 5.11 Å². The van der Waals surface area contributed by atoms with Crippen LogP contribution in [0.1, 0.15) is 22.9 Å². The summed E-state index contributed by atoms with van der Waals surface area (Å²) >= 11 is 3.09.